The molecule has 2 atom stereocenters. The summed E-state index contributed by atoms with van der Waals surface area (Å²) in [6.07, 6.45) is 0.646. The highest BCUT2D eigenvalue weighted by Crippen LogP contribution is 2.19. The number of amides is 1. The van der Waals surface area contributed by atoms with E-state index < -0.39 is 17.9 Å². The van der Waals surface area contributed by atoms with Gasteiger partial charge in [-0.1, -0.05) is 43.5 Å². The second kappa shape index (κ2) is 6.78. The lowest BCUT2D eigenvalue weighted by molar-refractivity contribution is -0.140. The summed E-state index contributed by atoms with van der Waals surface area (Å²) in [6.45, 7) is 3.63. The first-order valence-corrected chi connectivity index (χ1v) is 6.60. The maximum absolute atomic E-state index is 12.0. The molecule has 0 aliphatic carbocycles. The fourth-order valence-corrected chi connectivity index (χ4v) is 2.12. The van der Waals surface area contributed by atoms with E-state index in [4.69, 9.17) is 28.3 Å². The molecule has 19 heavy (non-hydrogen) atoms. The summed E-state index contributed by atoms with van der Waals surface area (Å²) in [5.74, 6) is -1.73. The van der Waals surface area contributed by atoms with Crippen molar-refractivity contribution >= 4 is 35.1 Å². The number of rotatable bonds is 5. The first kappa shape index (κ1) is 15.8. The van der Waals surface area contributed by atoms with Crippen LogP contribution in [0, 0.1) is 5.92 Å². The zero-order valence-electron chi connectivity index (χ0n) is 10.6. The number of carboxylic acids is 1. The number of hydrogen-bond donors (Lipinski definition) is 2. The van der Waals surface area contributed by atoms with Gasteiger partial charge in [-0.05, 0) is 24.1 Å². The minimum absolute atomic E-state index is 0.170. The molecule has 6 heteroatoms. The summed E-state index contributed by atoms with van der Waals surface area (Å²) in [5.41, 5.74) is 0.243. The van der Waals surface area contributed by atoms with Crippen molar-refractivity contribution in [2.75, 3.05) is 0 Å². The Bertz CT molecular complexity index is 471. The Labute approximate surface area is 121 Å². The average Bonchev–Trinajstić information content (AvgIpc) is 2.33. The maximum atomic E-state index is 12.0. The third kappa shape index (κ3) is 4.40. The Morgan fingerprint density at radius 2 is 1.79 bits per heavy atom. The first-order chi connectivity index (χ1) is 8.85. The summed E-state index contributed by atoms with van der Waals surface area (Å²) >= 11 is 11.6. The van der Waals surface area contributed by atoms with Crippen LogP contribution in [0.1, 0.15) is 30.6 Å². The van der Waals surface area contributed by atoms with E-state index in [9.17, 15) is 9.59 Å². The molecule has 2 unspecified atom stereocenters. The monoisotopic (exact) mass is 303 g/mol. The van der Waals surface area contributed by atoms with Crippen LogP contribution in [0.2, 0.25) is 10.0 Å². The van der Waals surface area contributed by atoms with Gasteiger partial charge in [0.2, 0.25) is 0 Å². The van der Waals surface area contributed by atoms with Crippen LogP contribution in [0.3, 0.4) is 0 Å². The van der Waals surface area contributed by atoms with Gasteiger partial charge in [-0.3, -0.25) is 4.79 Å². The Balaban J connectivity index is 2.90. The van der Waals surface area contributed by atoms with Crippen molar-refractivity contribution in [1.29, 1.82) is 0 Å². The average molecular weight is 304 g/mol. The lowest BCUT2D eigenvalue weighted by atomic mass is 9.99. The standard InChI is InChI=1S/C13H15Cl2NO3/c1-3-7(2)11(13(18)19)16-12(17)8-4-9(14)6-10(15)5-8/h4-7,11H,3H2,1-2H3,(H,16,17)(H,18,19). The molecule has 2 N–H and O–H groups in total. The molecule has 0 heterocycles. The number of hydrogen-bond acceptors (Lipinski definition) is 2. The highest BCUT2D eigenvalue weighted by Gasteiger charge is 2.25. The number of carbonyl (C=O) groups excluding carboxylic acids is 1. The molecule has 0 spiro atoms. The molecule has 0 bridgehead atoms. The van der Waals surface area contributed by atoms with E-state index >= 15 is 0 Å². The predicted molar refractivity (Wildman–Crippen MR) is 74.8 cm³/mol. The van der Waals surface area contributed by atoms with Crippen molar-refractivity contribution in [3.05, 3.63) is 33.8 Å². The van der Waals surface area contributed by atoms with Gasteiger partial charge >= 0.3 is 5.97 Å². The molecule has 0 aromatic heterocycles. The lowest BCUT2D eigenvalue weighted by Crippen LogP contribution is -2.45. The Morgan fingerprint density at radius 1 is 1.26 bits per heavy atom. The maximum Gasteiger partial charge on any atom is 0.326 e. The Kier molecular flexibility index (Phi) is 5.63. The summed E-state index contributed by atoms with van der Waals surface area (Å²) < 4.78 is 0. The van der Waals surface area contributed by atoms with Gasteiger partial charge in [-0.25, -0.2) is 4.79 Å². The number of aliphatic carboxylic acids is 1. The lowest BCUT2D eigenvalue weighted by Gasteiger charge is -2.20. The second-order valence-corrected chi connectivity index (χ2v) is 5.21. The molecule has 104 valence electrons. The van der Waals surface area contributed by atoms with Crippen LogP contribution in [-0.4, -0.2) is 23.0 Å². The number of nitrogens with one attached hydrogen (secondary N) is 1. The largest absolute Gasteiger partial charge is 0.480 e. The number of carbonyl (C=O) groups is 2. The molecule has 1 aromatic rings. The van der Waals surface area contributed by atoms with Gasteiger partial charge in [0.25, 0.3) is 5.91 Å². The topological polar surface area (TPSA) is 66.4 Å². The van der Waals surface area contributed by atoms with Gasteiger partial charge in [0.15, 0.2) is 0 Å². The van der Waals surface area contributed by atoms with Gasteiger partial charge < -0.3 is 10.4 Å². The first-order valence-electron chi connectivity index (χ1n) is 5.85. The summed E-state index contributed by atoms with van der Waals surface area (Å²) in [6, 6.07) is 3.45. The van der Waals surface area contributed by atoms with Crippen molar-refractivity contribution in [2.45, 2.75) is 26.3 Å². The Hall–Kier alpha value is -1.26. The van der Waals surface area contributed by atoms with Crippen LogP contribution in [0.5, 0.6) is 0 Å². The Morgan fingerprint density at radius 3 is 2.21 bits per heavy atom. The number of benzene rings is 1. The molecular formula is C13H15Cl2NO3. The third-order valence-corrected chi connectivity index (χ3v) is 3.33. The highest BCUT2D eigenvalue weighted by atomic mass is 35.5. The zero-order valence-corrected chi connectivity index (χ0v) is 12.1. The highest BCUT2D eigenvalue weighted by molar-refractivity contribution is 6.35. The third-order valence-electron chi connectivity index (χ3n) is 2.89. The van der Waals surface area contributed by atoms with E-state index in [0.717, 1.165) is 0 Å². The molecule has 1 amide bonds. The number of carboxylic acid groups (broad SMARTS) is 1. The second-order valence-electron chi connectivity index (χ2n) is 4.33. The minimum atomic E-state index is -1.06. The smallest absolute Gasteiger partial charge is 0.326 e. The zero-order chi connectivity index (χ0) is 14.6. The summed E-state index contributed by atoms with van der Waals surface area (Å²) in [7, 11) is 0. The molecule has 0 saturated heterocycles. The molecule has 0 radical (unpaired) electrons. The van der Waals surface area contributed by atoms with Crippen LogP contribution >= 0.6 is 23.2 Å². The molecule has 1 rings (SSSR count). The van der Waals surface area contributed by atoms with Crippen LogP contribution in [-0.2, 0) is 4.79 Å². The van der Waals surface area contributed by atoms with E-state index in [1.54, 1.807) is 6.92 Å². The normalized spacial score (nSPS) is 13.7. The van der Waals surface area contributed by atoms with E-state index in [-0.39, 0.29) is 11.5 Å². The van der Waals surface area contributed by atoms with E-state index in [1.165, 1.54) is 18.2 Å². The fraction of sp³-hybridized carbons (Fsp3) is 0.385. The molecule has 4 nitrogen and oxygen atoms in total. The van der Waals surface area contributed by atoms with E-state index in [0.29, 0.717) is 16.5 Å². The molecule has 0 aliphatic heterocycles. The van der Waals surface area contributed by atoms with Crippen LogP contribution in [0.25, 0.3) is 0 Å². The van der Waals surface area contributed by atoms with Crippen LogP contribution in [0.15, 0.2) is 18.2 Å². The minimum Gasteiger partial charge on any atom is -0.480 e. The van der Waals surface area contributed by atoms with E-state index in [2.05, 4.69) is 5.32 Å². The van der Waals surface area contributed by atoms with Gasteiger partial charge in [0.1, 0.15) is 6.04 Å². The van der Waals surface area contributed by atoms with Crippen molar-refractivity contribution < 1.29 is 14.7 Å². The summed E-state index contributed by atoms with van der Waals surface area (Å²) in [4.78, 5) is 23.1. The molecule has 0 saturated carbocycles. The quantitative estimate of drug-likeness (QED) is 0.877. The summed E-state index contributed by atoms with van der Waals surface area (Å²) in [5, 5.41) is 12.2. The molecular weight excluding hydrogens is 289 g/mol. The van der Waals surface area contributed by atoms with Gasteiger partial charge in [0, 0.05) is 15.6 Å². The molecule has 1 aromatic carbocycles. The predicted octanol–water partition coefficient (Wildman–Crippen LogP) is 3.22. The van der Waals surface area contributed by atoms with Crippen molar-refractivity contribution in [3.8, 4) is 0 Å². The number of halogens is 2. The fourth-order valence-electron chi connectivity index (χ4n) is 1.59. The van der Waals surface area contributed by atoms with Crippen LogP contribution < -0.4 is 5.32 Å². The van der Waals surface area contributed by atoms with Crippen molar-refractivity contribution in [1.82, 2.24) is 5.32 Å². The molecule has 0 aliphatic rings. The van der Waals surface area contributed by atoms with Gasteiger partial charge in [-0.2, -0.15) is 0 Å². The molecule has 0 fully saturated rings. The van der Waals surface area contributed by atoms with Crippen molar-refractivity contribution in [2.24, 2.45) is 5.92 Å². The van der Waals surface area contributed by atoms with Crippen molar-refractivity contribution in [3.63, 3.8) is 0 Å². The van der Waals surface area contributed by atoms with Gasteiger partial charge in [-0.15, -0.1) is 0 Å². The van der Waals surface area contributed by atoms with Crippen LogP contribution in [0.4, 0.5) is 0 Å². The van der Waals surface area contributed by atoms with E-state index in [1.807, 2.05) is 6.92 Å². The van der Waals surface area contributed by atoms with Gasteiger partial charge in [0.05, 0.1) is 0 Å². The SMILES string of the molecule is CCC(C)C(NC(=O)c1cc(Cl)cc(Cl)c1)C(=O)O.